The van der Waals surface area contributed by atoms with E-state index in [0.29, 0.717) is 35.7 Å². The molecule has 2 aromatic carbocycles. The summed E-state index contributed by atoms with van der Waals surface area (Å²) in [6.07, 6.45) is 6.59. The van der Waals surface area contributed by atoms with Crippen LogP contribution >= 0.6 is 21.6 Å². The van der Waals surface area contributed by atoms with Gasteiger partial charge in [0.15, 0.2) is 0 Å². The Kier molecular flexibility index (Phi) is 7.51. The molecule has 0 unspecified atom stereocenters. The first-order valence-corrected chi connectivity index (χ1v) is 14.5. The third kappa shape index (κ3) is 5.45. The highest BCUT2D eigenvalue weighted by Gasteiger charge is 2.17. The quantitative estimate of drug-likeness (QED) is 0.188. The number of fused-ring (bicyclic) bond motifs is 2. The standard InChI is InChI=1S/C30H22N4O4S2/c35-29(33-17-19-5-3-15-37-19)23-9-11-25(27-21(23)7-1-13-31-27)39-40-26-12-10-24(22-8-2-14-32-28(22)26)30(36)34-18-20-6-4-16-38-20/h1-16H,17-18H2,(H,33,35)(H,34,36). The molecule has 0 spiro atoms. The second-order valence-corrected chi connectivity index (χ2v) is 10.9. The number of nitrogens with zero attached hydrogens (tertiary/aromatic N) is 2. The van der Waals surface area contributed by atoms with Crippen molar-refractivity contribution in [3.63, 3.8) is 0 Å². The molecule has 0 radical (unpaired) electrons. The topological polar surface area (TPSA) is 110 Å². The second-order valence-electron chi connectivity index (χ2n) is 8.71. The summed E-state index contributed by atoms with van der Waals surface area (Å²) in [5.74, 6) is 0.965. The molecule has 0 saturated heterocycles. The second kappa shape index (κ2) is 11.7. The number of furan rings is 2. The Morgan fingerprint density at radius 2 is 1.10 bits per heavy atom. The molecule has 4 aromatic heterocycles. The Hall–Kier alpha value is -4.54. The minimum Gasteiger partial charge on any atom is -0.467 e. The molecule has 40 heavy (non-hydrogen) atoms. The highest BCUT2D eigenvalue weighted by Crippen LogP contribution is 2.43. The molecule has 2 amide bonds. The summed E-state index contributed by atoms with van der Waals surface area (Å²) in [5, 5.41) is 7.33. The summed E-state index contributed by atoms with van der Waals surface area (Å²) in [6.45, 7) is 0.605. The summed E-state index contributed by atoms with van der Waals surface area (Å²) in [7, 11) is 3.05. The Bertz CT molecular complexity index is 1670. The maximum atomic E-state index is 13.0. The van der Waals surface area contributed by atoms with Crippen LogP contribution < -0.4 is 10.6 Å². The number of carbonyl (C=O) groups excluding carboxylic acids is 2. The van der Waals surface area contributed by atoms with Crippen LogP contribution in [0.25, 0.3) is 21.8 Å². The zero-order valence-electron chi connectivity index (χ0n) is 21.0. The molecule has 0 fully saturated rings. The molecule has 2 N–H and O–H groups in total. The van der Waals surface area contributed by atoms with E-state index in [9.17, 15) is 9.59 Å². The van der Waals surface area contributed by atoms with Gasteiger partial charge in [0, 0.05) is 44.1 Å². The van der Waals surface area contributed by atoms with Gasteiger partial charge in [-0.2, -0.15) is 0 Å². The number of nitrogens with one attached hydrogen (secondary N) is 2. The Morgan fingerprint density at radius 3 is 1.52 bits per heavy atom. The first-order valence-electron chi connectivity index (χ1n) is 12.4. The van der Waals surface area contributed by atoms with Crippen molar-refractivity contribution < 1.29 is 18.4 Å². The van der Waals surface area contributed by atoms with E-state index in [2.05, 4.69) is 20.6 Å². The van der Waals surface area contributed by atoms with E-state index >= 15 is 0 Å². The molecule has 6 aromatic rings. The molecule has 0 aliphatic rings. The van der Waals surface area contributed by atoms with Crippen LogP contribution in [0.15, 0.2) is 116 Å². The minimum atomic E-state index is -0.199. The third-order valence-corrected chi connectivity index (χ3v) is 8.61. The van der Waals surface area contributed by atoms with E-state index in [0.717, 1.165) is 31.6 Å². The average molecular weight is 567 g/mol. The largest absolute Gasteiger partial charge is 0.467 e. The predicted octanol–water partition coefficient (Wildman–Crippen LogP) is 6.63. The number of aromatic nitrogens is 2. The van der Waals surface area contributed by atoms with Gasteiger partial charge in [0.05, 0.1) is 36.6 Å². The zero-order chi connectivity index (χ0) is 27.3. The van der Waals surface area contributed by atoms with E-state index in [1.165, 1.54) is 21.6 Å². The van der Waals surface area contributed by atoms with E-state index in [1.54, 1.807) is 37.1 Å². The van der Waals surface area contributed by atoms with Gasteiger partial charge in [-0.25, -0.2) is 0 Å². The van der Waals surface area contributed by atoms with Crippen LogP contribution in [0.1, 0.15) is 32.2 Å². The molecule has 0 aliphatic heterocycles. The van der Waals surface area contributed by atoms with Gasteiger partial charge in [-0.15, -0.1) is 0 Å². The fraction of sp³-hybridized carbons (Fsp3) is 0.0667. The SMILES string of the molecule is O=C(NCc1ccco1)c1ccc(SSc2ccc(C(=O)NCc3ccco3)c3cccnc23)c2ncccc12. The number of hydrogen-bond donors (Lipinski definition) is 2. The summed E-state index contributed by atoms with van der Waals surface area (Å²) in [4.78, 5) is 36.9. The smallest absolute Gasteiger partial charge is 0.252 e. The fourth-order valence-corrected chi connectivity index (χ4v) is 6.52. The first-order chi connectivity index (χ1) is 19.7. The number of benzene rings is 2. The summed E-state index contributed by atoms with van der Waals surface area (Å²) >= 11 is 0. The average Bonchev–Trinajstić information content (AvgIpc) is 3.72. The van der Waals surface area contributed by atoms with Gasteiger partial charge in [-0.05, 0) is 60.7 Å². The van der Waals surface area contributed by atoms with E-state index in [-0.39, 0.29) is 11.8 Å². The molecule has 4 heterocycles. The molecule has 8 nitrogen and oxygen atoms in total. The molecule has 0 bridgehead atoms. The summed E-state index contributed by atoms with van der Waals surface area (Å²) in [5.41, 5.74) is 2.55. The number of pyridine rings is 2. The van der Waals surface area contributed by atoms with Crippen LogP contribution in [0.3, 0.4) is 0 Å². The predicted molar refractivity (Wildman–Crippen MR) is 155 cm³/mol. The van der Waals surface area contributed by atoms with Crippen molar-refractivity contribution >= 4 is 55.2 Å². The highest BCUT2D eigenvalue weighted by molar-refractivity contribution is 8.76. The van der Waals surface area contributed by atoms with Crippen molar-refractivity contribution in [3.8, 4) is 0 Å². The van der Waals surface area contributed by atoms with Gasteiger partial charge in [0.25, 0.3) is 11.8 Å². The Morgan fingerprint density at radius 1 is 0.625 bits per heavy atom. The number of hydrogen-bond acceptors (Lipinski definition) is 8. The van der Waals surface area contributed by atoms with Gasteiger partial charge < -0.3 is 19.5 Å². The lowest BCUT2D eigenvalue weighted by atomic mass is 10.1. The lowest BCUT2D eigenvalue weighted by Crippen LogP contribution is -2.22. The molecule has 0 saturated carbocycles. The molecule has 0 aliphatic carbocycles. The van der Waals surface area contributed by atoms with Gasteiger partial charge >= 0.3 is 0 Å². The van der Waals surface area contributed by atoms with E-state index < -0.39 is 0 Å². The van der Waals surface area contributed by atoms with Crippen LogP contribution in [0.5, 0.6) is 0 Å². The maximum absolute atomic E-state index is 13.0. The fourth-order valence-electron chi connectivity index (χ4n) is 4.27. The monoisotopic (exact) mass is 566 g/mol. The normalized spacial score (nSPS) is 11.1. The highest BCUT2D eigenvalue weighted by atomic mass is 33.1. The summed E-state index contributed by atoms with van der Waals surface area (Å²) in [6, 6.07) is 22.1. The Labute approximate surface area is 237 Å². The van der Waals surface area contributed by atoms with Crippen LogP contribution in [0.2, 0.25) is 0 Å². The van der Waals surface area contributed by atoms with Crippen molar-refractivity contribution in [2.45, 2.75) is 22.9 Å². The van der Waals surface area contributed by atoms with Crippen LogP contribution in [0.4, 0.5) is 0 Å². The number of amides is 2. The van der Waals surface area contributed by atoms with Gasteiger partial charge in [0.1, 0.15) is 11.5 Å². The molecular weight excluding hydrogens is 544 g/mol. The van der Waals surface area contributed by atoms with Crippen molar-refractivity contribution in [3.05, 3.63) is 120 Å². The van der Waals surface area contributed by atoms with Crippen LogP contribution in [0, 0.1) is 0 Å². The lowest BCUT2D eigenvalue weighted by Gasteiger charge is -2.12. The van der Waals surface area contributed by atoms with Crippen LogP contribution in [-0.4, -0.2) is 21.8 Å². The van der Waals surface area contributed by atoms with Crippen molar-refractivity contribution in [2.75, 3.05) is 0 Å². The van der Waals surface area contributed by atoms with Gasteiger partial charge in [-0.3, -0.25) is 19.6 Å². The number of rotatable bonds is 9. The summed E-state index contributed by atoms with van der Waals surface area (Å²) < 4.78 is 10.6. The molecule has 6 rings (SSSR count). The van der Waals surface area contributed by atoms with Gasteiger partial charge in [0.2, 0.25) is 0 Å². The van der Waals surface area contributed by atoms with Crippen molar-refractivity contribution in [1.82, 2.24) is 20.6 Å². The first kappa shape index (κ1) is 25.7. The lowest BCUT2D eigenvalue weighted by molar-refractivity contribution is 0.0942. The molecule has 198 valence electrons. The Balaban J connectivity index is 1.22. The molecular formula is C30H22N4O4S2. The molecule has 0 atom stereocenters. The van der Waals surface area contributed by atoms with Crippen molar-refractivity contribution in [2.24, 2.45) is 0 Å². The number of carbonyl (C=O) groups is 2. The van der Waals surface area contributed by atoms with E-state index in [1.807, 2.05) is 60.7 Å². The zero-order valence-corrected chi connectivity index (χ0v) is 22.6. The minimum absolute atomic E-state index is 0.199. The van der Waals surface area contributed by atoms with Gasteiger partial charge in [-0.1, -0.05) is 33.7 Å². The van der Waals surface area contributed by atoms with Crippen molar-refractivity contribution in [1.29, 1.82) is 0 Å². The van der Waals surface area contributed by atoms with E-state index in [4.69, 9.17) is 8.83 Å². The third-order valence-electron chi connectivity index (χ3n) is 6.18. The maximum Gasteiger partial charge on any atom is 0.252 e. The van der Waals surface area contributed by atoms with Crippen LogP contribution in [-0.2, 0) is 13.1 Å². The molecule has 10 heteroatoms.